The largest absolute Gasteiger partial charge is 0.504 e. The molecule has 1 heterocycles. The Balaban J connectivity index is 1.53. The average molecular weight is 484 g/mol. The lowest BCUT2D eigenvalue weighted by Gasteiger charge is -2.38. The second-order valence-corrected chi connectivity index (χ2v) is 10.1. The van der Waals surface area contributed by atoms with E-state index in [2.05, 4.69) is 14.5 Å². The number of aromatic hydroxyl groups is 2. The van der Waals surface area contributed by atoms with Crippen LogP contribution in [-0.2, 0) is 10.0 Å². The summed E-state index contributed by atoms with van der Waals surface area (Å²) in [6.45, 7) is 3.33. The van der Waals surface area contributed by atoms with Crippen LogP contribution in [0.3, 0.4) is 0 Å². The lowest BCUT2D eigenvalue weighted by Crippen LogP contribution is -2.48. The van der Waals surface area contributed by atoms with Crippen LogP contribution < -0.4 is 9.46 Å². The third-order valence-electron chi connectivity index (χ3n) is 5.92. The molecule has 1 aliphatic rings. The van der Waals surface area contributed by atoms with Crippen molar-refractivity contribution in [3.63, 3.8) is 0 Å². The van der Waals surface area contributed by atoms with Crippen LogP contribution in [-0.4, -0.2) is 68.2 Å². The lowest BCUT2D eigenvalue weighted by atomic mass is 10.0. The van der Waals surface area contributed by atoms with Gasteiger partial charge in [-0.15, -0.1) is 0 Å². The molecule has 1 atom stereocenters. The highest BCUT2D eigenvalue weighted by Crippen LogP contribution is 2.31. The SMILES string of the molecule is CN1CCN(C(CNS(=O)(=O)c2cccc(Oc3ccccc3)c2)c2ccc(O)c(O)c2)CC1. The fraction of sp³-hybridized carbons (Fsp3) is 0.280. The van der Waals surface area contributed by atoms with E-state index in [1.165, 1.54) is 24.3 Å². The van der Waals surface area contributed by atoms with E-state index >= 15 is 0 Å². The molecule has 0 saturated carbocycles. The van der Waals surface area contributed by atoms with Crippen LogP contribution in [0, 0.1) is 0 Å². The van der Waals surface area contributed by atoms with E-state index in [1.807, 2.05) is 25.2 Å². The number of piperazine rings is 1. The molecule has 1 aliphatic heterocycles. The van der Waals surface area contributed by atoms with Crippen molar-refractivity contribution in [2.45, 2.75) is 10.9 Å². The van der Waals surface area contributed by atoms with Gasteiger partial charge in [0.1, 0.15) is 11.5 Å². The molecule has 3 N–H and O–H groups in total. The van der Waals surface area contributed by atoms with Gasteiger partial charge >= 0.3 is 0 Å². The molecule has 0 aliphatic carbocycles. The van der Waals surface area contributed by atoms with E-state index in [4.69, 9.17) is 4.74 Å². The predicted octanol–water partition coefficient (Wildman–Crippen LogP) is 3.16. The average Bonchev–Trinajstić information content (AvgIpc) is 2.83. The highest BCUT2D eigenvalue weighted by molar-refractivity contribution is 7.89. The summed E-state index contributed by atoms with van der Waals surface area (Å²) in [5.74, 6) is 0.599. The van der Waals surface area contributed by atoms with Crippen molar-refractivity contribution in [1.82, 2.24) is 14.5 Å². The maximum absolute atomic E-state index is 13.1. The molecular weight excluding hydrogens is 454 g/mol. The second-order valence-electron chi connectivity index (χ2n) is 8.35. The highest BCUT2D eigenvalue weighted by Gasteiger charge is 2.27. The number of phenols is 2. The van der Waals surface area contributed by atoms with Gasteiger partial charge in [-0.25, -0.2) is 13.1 Å². The summed E-state index contributed by atoms with van der Waals surface area (Å²) in [4.78, 5) is 4.50. The molecule has 4 rings (SSSR count). The summed E-state index contributed by atoms with van der Waals surface area (Å²) < 4.78 is 34.8. The van der Waals surface area contributed by atoms with Crippen LogP contribution in [0.4, 0.5) is 0 Å². The minimum Gasteiger partial charge on any atom is -0.504 e. The van der Waals surface area contributed by atoms with Crippen LogP contribution in [0.1, 0.15) is 11.6 Å². The number of phenolic OH excluding ortho intramolecular Hbond substituents is 2. The topological polar surface area (TPSA) is 102 Å². The minimum absolute atomic E-state index is 0.103. The molecule has 0 spiro atoms. The highest BCUT2D eigenvalue weighted by atomic mass is 32.2. The number of para-hydroxylation sites is 1. The summed E-state index contributed by atoms with van der Waals surface area (Å²) in [6, 6.07) is 19.8. The number of rotatable bonds is 8. The maximum Gasteiger partial charge on any atom is 0.240 e. The normalized spacial score (nSPS) is 16.3. The quantitative estimate of drug-likeness (QED) is 0.423. The summed E-state index contributed by atoms with van der Waals surface area (Å²) in [5, 5.41) is 19.7. The molecule has 9 heteroatoms. The zero-order valence-corrected chi connectivity index (χ0v) is 19.8. The first-order valence-electron chi connectivity index (χ1n) is 11.1. The van der Waals surface area contributed by atoms with Gasteiger partial charge in [0.2, 0.25) is 10.0 Å². The summed E-state index contributed by atoms with van der Waals surface area (Å²) in [7, 11) is -1.78. The minimum atomic E-state index is -3.82. The Morgan fingerprint density at radius 3 is 2.29 bits per heavy atom. The number of nitrogens with zero attached hydrogens (tertiary/aromatic N) is 2. The third kappa shape index (κ3) is 5.87. The van der Waals surface area contributed by atoms with Crippen LogP contribution in [0.5, 0.6) is 23.0 Å². The van der Waals surface area contributed by atoms with Crippen molar-refractivity contribution in [2.75, 3.05) is 39.8 Å². The van der Waals surface area contributed by atoms with E-state index in [9.17, 15) is 18.6 Å². The van der Waals surface area contributed by atoms with Crippen molar-refractivity contribution in [1.29, 1.82) is 0 Å². The van der Waals surface area contributed by atoms with Gasteiger partial charge < -0.3 is 19.8 Å². The van der Waals surface area contributed by atoms with Crippen LogP contribution >= 0.6 is 0 Å². The molecular formula is C25H29N3O5S. The molecule has 180 valence electrons. The van der Waals surface area contributed by atoms with Crippen LogP contribution in [0.25, 0.3) is 0 Å². The Bertz CT molecular complexity index is 1210. The van der Waals surface area contributed by atoms with Gasteiger partial charge in [-0.1, -0.05) is 30.3 Å². The molecule has 8 nitrogen and oxygen atoms in total. The fourth-order valence-electron chi connectivity index (χ4n) is 3.94. The van der Waals surface area contributed by atoms with E-state index < -0.39 is 10.0 Å². The van der Waals surface area contributed by atoms with Crippen molar-refractivity contribution in [3.05, 3.63) is 78.4 Å². The van der Waals surface area contributed by atoms with Crippen molar-refractivity contribution >= 4 is 10.0 Å². The molecule has 3 aromatic rings. The Morgan fingerprint density at radius 2 is 1.59 bits per heavy atom. The first-order chi connectivity index (χ1) is 16.3. The Morgan fingerprint density at radius 1 is 0.882 bits per heavy atom. The first-order valence-corrected chi connectivity index (χ1v) is 12.6. The van der Waals surface area contributed by atoms with Gasteiger partial charge in [0.05, 0.1) is 4.90 Å². The predicted molar refractivity (Wildman–Crippen MR) is 130 cm³/mol. The number of benzene rings is 3. The Hall–Kier alpha value is -3.11. The molecule has 34 heavy (non-hydrogen) atoms. The molecule has 0 amide bonds. The lowest BCUT2D eigenvalue weighted by molar-refractivity contribution is 0.112. The fourth-order valence-corrected chi connectivity index (χ4v) is 5.01. The van der Waals surface area contributed by atoms with E-state index in [0.717, 1.165) is 31.7 Å². The number of ether oxygens (including phenoxy) is 1. The maximum atomic E-state index is 13.1. The molecule has 1 fully saturated rings. The van der Waals surface area contributed by atoms with Crippen molar-refractivity contribution in [3.8, 4) is 23.0 Å². The van der Waals surface area contributed by atoms with E-state index in [1.54, 1.807) is 30.3 Å². The number of hydrogen-bond donors (Lipinski definition) is 3. The van der Waals surface area contributed by atoms with Gasteiger partial charge in [0, 0.05) is 44.8 Å². The van der Waals surface area contributed by atoms with Gasteiger partial charge in [-0.3, -0.25) is 4.90 Å². The smallest absolute Gasteiger partial charge is 0.240 e. The van der Waals surface area contributed by atoms with Crippen molar-refractivity contribution in [2.24, 2.45) is 0 Å². The number of sulfonamides is 1. The monoisotopic (exact) mass is 483 g/mol. The molecule has 0 bridgehead atoms. The molecule has 1 unspecified atom stereocenters. The van der Waals surface area contributed by atoms with Crippen molar-refractivity contribution < 1.29 is 23.4 Å². The zero-order chi connectivity index (χ0) is 24.1. The third-order valence-corrected chi connectivity index (χ3v) is 7.35. The Kier molecular flexibility index (Phi) is 7.38. The first kappa shape index (κ1) is 24.0. The number of hydrogen-bond acceptors (Lipinski definition) is 7. The van der Waals surface area contributed by atoms with Gasteiger partial charge in [-0.2, -0.15) is 0 Å². The standard InChI is InChI=1S/C25H29N3O5S/c1-27-12-14-28(15-13-27)23(19-10-11-24(29)25(30)16-19)18-26-34(31,32)22-9-5-8-21(17-22)33-20-6-3-2-4-7-20/h2-11,16-17,23,26,29-30H,12-15,18H2,1H3. The Labute approximate surface area is 200 Å². The zero-order valence-electron chi connectivity index (χ0n) is 19.0. The molecule has 0 aromatic heterocycles. The molecule has 1 saturated heterocycles. The summed E-state index contributed by atoms with van der Waals surface area (Å²) in [6.07, 6.45) is 0. The van der Waals surface area contributed by atoms with Gasteiger partial charge in [0.25, 0.3) is 0 Å². The van der Waals surface area contributed by atoms with Gasteiger partial charge in [0.15, 0.2) is 11.5 Å². The van der Waals surface area contributed by atoms with Crippen LogP contribution in [0.2, 0.25) is 0 Å². The number of nitrogens with one attached hydrogen (secondary N) is 1. The van der Waals surface area contributed by atoms with E-state index in [0.29, 0.717) is 11.5 Å². The van der Waals surface area contributed by atoms with E-state index in [-0.39, 0.29) is 29.0 Å². The molecule has 3 aromatic carbocycles. The van der Waals surface area contributed by atoms with Gasteiger partial charge in [-0.05, 0) is 49.0 Å². The summed E-state index contributed by atoms with van der Waals surface area (Å²) in [5.41, 5.74) is 0.726. The second kappa shape index (κ2) is 10.4. The number of likely N-dealkylation sites (N-methyl/N-ethyl adjacent to an activating group) is 1. The molecule has 0 radical (unpaired) electrons. The van der Waals surface area contributed by atoms with Crippen LogP contribution in [0.15, 0.2) is 77.7 Å². The summed E-state index contributed by atoms with van der Waals surface area (Å²) >= 11 is 0.